The summed E-state index contributed by atoms with van der Waals surface area (Å²) in [6, 6.07) is 8.97. The van der Waals surface area contributed by atoms with E-state index >= 15 is 8.78 Å². The van der Waals surface area contributed by atoms with E-state index in [-0.39, 0.29) is 23.8 Å². The van der Waals surface area contributed by atoms with Crippen LogP contribution in [0.25, 0.3) is 10.9 Å². The van der Waals surface area contributed by atoms with Crippen LogP contribution in [0.1, 0.15) is 56.5 Å². The molecule has 3 N–H and O–H groups in total. The van der Waals surface area contributed by atoms with Gasteiger partial charge in [-0.05, 0) is 63.8 Å². The molecule has 1 fully saturated rings. The molecule has 0 amide bonds. The van der Waals surface area contributed by atoms with Crippen LogP contribution in [0.15, 0.2) is 36.4 Å². The van der Waals surface area contributed by atoms with E-state index in [9.17, 15) is 14.3 Å². The van der Waals surface area contributed by atoms with Gasteiger partial charge in [-0.2, -0.15) is 0 Å². The lowest BCUT2D eigenvalue weighted by molar-refractivity contribution is -0.138. The summed E-state index contributed by atoms with van der Waals surface area (Å²) in [5.41, 5.74) is -0.344. The minimum absolute atomic E-state index is 0.00531. The van der Waals surface area contributed by atoms with Crippen LogP contribution in [-0.2, 0) is 11.2 Å². The highest BCUT2D eigenvalue weighted by Gasteiger charge is 2.50. The van der Waals surface area contributed by atoms with Gasteiger partial charge in [0.25, 0.3) is 0 Å². The van der Waals surface area contributed by atoms with Gasteiger partial charge in [-0.25, -0.2) is 18.0 Å². The van der Waals surface area contributed by atoms with E-state index in [1.165, 1.54) is 13.8 Å². The molecule has 1 aliphatic heterocycles. The molecule has 1 aliphatic carbocycles. The second kappa shape index (κ2) is 7.77. The maximum absolute atomic E-state index is 15.6. The summed E-state index contributed by atoms with van der Waals surface area (Å²) in [6.07, 6.45) is 1.41. The van der Waals surface area contributed by atoms with Crippen molar-refractivity contribution in [1.29, 1.82) is 0 Å². The highest BCUT2D eigenvalue weighted by Crippen LogP contribution is 2.44. The van der Waals surface area contributed by atoms with Crippen molar-refractivity contribution in [2.45, 2.75) is 63.3 Å². The monoisotopic (exact) mass is 471 g/mol. The Hall–Kier alpha value is -3.00. The molecule has 1 saturated carbocycles. The summed E-state index contributed by atoms with van der Waals surface area (Å²) in [6.45, 7) is 4.85. The Labute approximate surface area is 196 Å². The Morgan fingerprint density at radius 3 is 2.47 bits per heavy atom. The predicted molar refractivity (Wildman–Crippen MR) is 125 cm³/mol. The van der Waals surface area contributed by atoms with Gasteiger partial charge in [0.1, 0.15) is 22.8 Å². The molecule has 2 aromatic carbocycles. The van der Waals surface area contributed by atoms with Crippen molar-refractivity contribution in [3.05, 3.63) is 64.9 Å². The van der Waals surface area contributed by atoms with Gasteiger partial charge in [-0.15, -0.1) is 0 Å². The van der Waals surface area contributed by atoms with Gasteiger partial charge in [0.15, 0.2) is 0 Å². The molecule has 3 aromatic rings. The molecule has 34 heavy (non-hydrogen) atoms. The fourth-order valence-corrected chi connectivity index (χ4v) is 5.21. The molecular formula is C26H28F3N3O2. The van der Waals surface area contributed by atoms with E-state index in [1.54, 1.807) is 0 Å². The van der Waals surface area contributed by atoms with Gasteiger partial charge in [0.2, 0.25) is 0 Å². The van der Waals surface area contributed by atoms with Crippen molar-refractivity contribution in [3.8, 4) is 0 Å². The SMILES string of the molecule is C[C@@H]1Cc2c([nH]c3ccccc23)[C@@H](c2c(F)cc(NC3(C(=O)O)CC3)cc2F)N1CC(C)(C)F. The van der Waals surface area contributed by atoms with Gasteiger partial charge in [-0.3, -0.25) is 4.90 Å². The third-order valence-corrected chi connectivity index (χ3v) is 6.97. The first kappa shape index (κ1) is 22.8. The topological polar surface area (TPSA) is 68.4 Å². The Balaban J connectivity index is 1.64. The zero-order chi connectivity index (χ0) is 24.4. The van der Waals surface area contributed by atoms with Crippen molar-refractivity contribution >= 4 is 22.6 Å². The van der Waals surface area contributed by atoms with Gasteiger partial charge < -0.3 is 15.4 Å². The first-order valence-electron chi connectivity index (χ1n) is 11.5. The van der Waals surface area contributed by atoms with Crippen LogP contribution in [0, 0.1) is 11.6 Å². The first-order valence-corrected chi connectivity index (χ1v) is 11.5. The molecule has 0 saturated heterocycles. The maximum atomic E-state index is 15.6. The summed E-state index contributed by atoms with van der Waals surface area (Å²) in [5.74, 6) is -2.64. The van der Waals surface area contributed by atoms with E-state index in [0.29, 0.717) is 25.0 Å². The number of rotatable bonds is 6. The number of anilines is 1. The number of nitrogens with zero attached hydrogens (tertiary/aromatic N) is 1. The van der Waals surface area contributed by atoms with Crippen LogP contribution in [0.3, 0.4) is 0 Å². The third-order valence-electron chi connectivity index (χ3n) is 6.97. The summed E-state index contributed by atoms with van der Waals surface area (Å²) >= 11 is 0. The number of aromatic nitrogens is 1. The van der Waals surface area contributed by atoms with E-state index in [1.807, 2.05) is 36.1 Å². The van der Waals surface area contributed by atoms with Crippen molar-refractivity contribution in [2.75, 3.05) is 11.9 Å². The van der Waals surface area contributed by atoms with E-state index in [4.69, 9.17) is 0 Å². The fourth-order valence-electron chi connectivity index (χ4n) is 5.21. The largest absolute Gasteiger partial charge is 0.480 e. The second-order valence-corrected chi connectivity index (χ2v) is 10.3. The number of carboxylic acid groups (broad SMARTS) is 1. The van der Waals surface area contributed by atoms with E-state index in [0.717, 1.165) is 28.6 Å². The average Bonchev–Trinajstić information content (AvgIpc) is 3.43. The van der Waals surface area contributed by atoms with Gasteiger partial charge in [0, 0.05) is 40.4 Å². The number of benzene rings is 2. The van der Waals surface area contributed by atoms with Crippen LogP contribution in [-0.4, -0.2) is 44.8 Å². The normalized spacial score (nSPS) is 21.9. The molecule has 2 aliphatic rings. The van der Waals surface area contributed by atoms with Crippen molar-refractivity contribution in [3.63, 3.8) is 0 Å². The van der Waals surface area contributed by atoms with Crippen LogP contribution in [0.5, 0.6) is 0 Å². The summed E-state index contributed by atoms with van der Waals surface area (Å²) in [7, 11) is 0. The molecule has 2 heterocycles. The van der Waals surface area contributed by atoms with Crippen LogP contribution in [0.2, 0.25) is 0 Å². The number of carbonyl (C=O) groups is 1. The molecular weight excluding hydrogens is 443 g/mol. The zero-order valence-electron chi connectivity index (χ0n) is 19.4. The van der Waals surface area contributed by atoms with Crippen molar-refractivity contribution in [2.24, 2.45) is 0 Å². The lowest BCUT2D eigenvalue weighted by Crippen LogP contribution is -2.48. The van der Waals surface area contributed by atoms with Crippen LogP contribution >= 0.6 is 0 Å². The van der Waals surface area contributed by atoms with E-state index < -0.39 is 34.9 Å². The third kappa shape index (κ3) is 3.83. The molecule has 2 atom stereocenters. The number of hydrogen-bond acceptors (Lipinski definition) is 3. The highest BCUT2D eigenvalue weighted by atomic mass is 19.1. The maximum Gasteiger partial charge on any atom is 0.329 e. The minimum atomic E-state index is -1.58. The molecule has 0 spiro atoms. The zero-order valence-corrected chi connectivity index (χ0v) is 19.4. The smallest absolute Gasteiger partial charge is 0.329 e. The molecule has 180 valence electrons. The van der Waals surface area contributed by atoms with Crippen LogP contribution < -0.4 is 5.32 Å². The van der Waals surface area contributed by atoms with Crippen molar-refractivity contribution < 1.29 is 23.1 Å². The lowest BCUT2D eigenvalue weighted by Gasteiger charge is -2.43. The Bertz CT molecular complexity index is 1250. The number of aliphatic carboxylic acids is 1. The summed E-state index contributed by atoms with van der Waals surface area (Å²) < 4.78 is 46.1. The lowest BCUT2D eigenvalue weighted by atomic mass is 9.87. The number of H-pyrrole nitrogens is 1. The number of hydrogen-bond donors (Lipinski definition) is 3. The quantitative estimate of drug-likeness (QED) is 0.440. The average molecular weight is 472 g/mol. The fraction of sp³-hybridized carbons (Fsp3) is 0.423. The minimum Gasteiger partial charge on any atom is -0.480 e. The molecule has 0 bridgehead atoms. The molecule has 1 aromatic heterocycles. The molecule has 0 unspecified atom stereocenters. The number of halogens is 3. The number of nitrogens with one attached hydrogen (secondary N) is 2. The molecule has 8 heteroatoms. The first-order chi connectivity index (χ1) is 16.0. The predicted octanol–water partition coefficient (Wildman–Crippen LogP) is 5.56. The number of carboxylic acids is 1. The molecule has 5 rings (SSSR count). The standard InChI is InChI=1S/C26H28F3N3O2/c1-14-10-17-16-6-4-5-7-20(16)30-22(17)23(32(14)13-25(2,3)29)21-18(27)11-15(12-19(21)28)31-26(8-9-26)24(33)34/h4-7,11-12,14,23,30-31H,8-10,13H2,1-3H3,(H,33,34)/t14-,23-/m1/s1. The summed E-state index contributed by atoms with van der Waals surface area (Å²) in [4.78, 5) is 16.7. The Morgan fingerprint density at radius 1 is 1.24 bits per heavy atom. The van der Waals surface area contributed by atoms with Crippen LogP contribution in [0.4, 0.5) is 18.9 Å². The van der Waals surface area contributed by atoms with Gasteiger partial charge in [-0.1, -0.05) is 18.2 Å². The van der Waals surface area contributed by atoms with E-state index in [2.05, 4.69) is 10.3 Å². The van der Waals surface area contributed by atoms with Crippen molar-refractivity contribution in [1.82, 2.24) is 9.88 Å². The number of aromatic amines is 1. The number of fused-ring (bicyclic) bond motifs is 3. The number of para-hydroxylation sites is 1. The molecule has 5 nitrogen and oxygen atoms in total. The second-order valence-electron chi connectivity index (χ2n) is 10.3. The highest BCUT2D eigenvalue weighted by molar-refractivity contribution is 5.87. The number of alkyl halides is 1. The Kier molecular flexibility index (Phi) is 5.20. The van der Waals surface area contributed by atoms with Gasteiger partial charge >= 0.3 is 5.97 Å². The Morgan fingerprint density at radius 2 is 1.88 bits per heavy atom. The van der Waals surface area contributed by atoms with Gasteiger partial charge in [0.05, 0.1) is 6.04 Å². The summed E-state index contributed by atoms with van der Waals surface area (Å²) in [5, 5.41) is 13.2. The molecule has 0 radical (unpaired) electrons.